The Labute approximate surface area is 97.3 Å². The molecule has 0 aromatic rings. The summed E-state index contributed by atoms with van der Waals surface area (Å²) in [5, 5.41) is 17.3. The minimum Gasteiger partial charge on any atom is -0.481 e. The number of carboxylic acids is 1. The van der Waals surface area contributed by atoms with Gasteiger partial charge in [0.15, 0.2) is 0 Å². The summed E-state index contributed by atoms with van der Waals surface area (Å²) in [4.78, 5) is 13.0. The molecule has 94 valence electrons. The zero-order valence-electron chi connectivity index (χ0n) is 9.90. The van der Waals surface area contributed by atoms with Crippen LogP contribution in [-0.2, 0) is 4.79 Å². The first-order valence-electron chi connectivity index (χ1n) is 6.27. The Balaban J connectivity index is 2.05. The largest absolute Gasteiger partial charge is 0.481 e. The fraction of sp³-hybridized carbons (Fsp3) is 0.917. The molecule has 0 amide bonds. The highest BCUT2D eigenvalue weighted by atomic mass is 16.4. The Morgan fingerprint density at radius 2 is 1.88 bits per heavy atom. The van der Waals surface area contributed by atoms with Crippen LogP contribution in [-0.4, -0.2) is 47.3 Å². The number of aliphatic carboxylic acids is 1. The van der Waals surface area contributed by atoms with E-state index in [1.807, 2.05) is 0 Å². The van der Waals surface area contributed by atoms with E-state index in [0.29, 0.717) is 18.9 Å². The van der Waals surface area contributed by atoms with Crippen LogP contribution in [0.15, 0.2) is 0 Å². The molecule has 1 saturated heterocycles. The van der Waals surface area contributed by atoms with E-state index in [1.54, 1.807) is 0 Å². The Morgan fingerprint density at radius 3 is 2.44 bits per heavy atom. The fourth-order valence-corrected chi connectivity index (χ4v) is 2.29. The Hall–Kier alpha value is -0.610. The maximum atomic E-state index is 10.6. The second-order valence-electron chi connectivity index (χ2n) is 4.67. The number of nitrogens with zero attached hydrogens (tertiary/aromatic N) is 1. The van der Waals surface area contributed by atoms with Crippen molar-refractivity contribution in [3.05, 3.63) is 0 Å². The summed E-state index contributed by atoms with van der Waals surface area (Å²) in [6.45, 7) is 3.47. The lowest BCUT2D eigenvalue weighted by Gasteiger charge is -2.31. The minimum absolute atomic E-state index is 0.292. The molecule has 16 heavy (non-hydrogen) atoms. The number of carbonyl (C=O) groups is 1. The number of aliphatic hydroxyl groups is 1. The molecule has 0 saturated carbocycles. The second-order valence-corrected chi connectivity index (χ2v) is 4.67. The number of hydrogen-bond donors (Lipinski definition) is 2. The number of rotatable bonds is 7. The van der Waals surface area contributed by atoms with Gasteiger partial charge >= 0.3 is 5.97 Å². The quantitative estimate of drug-likeness (QED) is 0.647. The van der Waals surface area contributed by atoms with Crippen LogP contribution in [0.2, 0.25) is 0 Å². The molecule has 0 aromatic heterocycles. The van der Waals surface area contributed by atoms with E-state index in [4.69, 9.17) is 10.2 Å². The van der Waals surface area contributed by atoms with Crippen LogP contribution < -0.4 is 0 Å². The molecule has 4 nitrogen and oxygen atoms in total. The van der Waals surface area contributed by atoms with Gasteiger partial charge in [0.1, 0.15) is 0 Å². The van der Waals surface area contributed by atoms with Crippen LogP contribution >= 0.6 is 0 Å². The van der Waals surface area contributed by atoms with Crippen LogP contribution in [0, 0.1) is 5.92 Å². The van der Waals surface area contributed by atoms with E-state index >= 15 is 0 Å². The highest BCUT2D eigenvalue weighted by molar-refractivity contribution is 5.67. The molecule has 1 aliphatic rings. The Kier molecular flexibility index (Phi) is 6.42. The Bertz CT molecular complexity index is 200. The normalized spacial score (nSPS) is 18.8. The zero-order valence-corrected chi connectivity index (χ0v) is 9.90. The Morgan fingerprint density at radius 1 is 1.19 bits per heavy atom. The molecule has 0 atom stereocenters. The lowest BCUT2D eigenvalue weighted by atomic mass is 9.93. The number of hydrogen-bond acceptors (Lipinski definition) is 3. The van der Waals surface area contributed by atoms with Gasteiger partial charge in [0.2, 0.25) is 0 Å². The molecule has 4 heteroatoms. The standard InChI is InChI=1S/C12H23NO3/c14-9-3-1-2-6-13-7-4-11(5-8-13)10-12(15)16/h11,14H,1-10H2,(H,15,16). The summed E-state index contributed by atoms with van der Waals surface area (Å²) < 4.78 is 0. The molecule has 0 bridgehead atoms. The highest BCUT2D eigenvalue weighted by Crippen LogP contribution is 2.20. The van der Waals surface area contributed by atoms with E-state index in [0.717, 1.165) is 51.7 Å². The predicted molar refractivity (Wildman–Crippen MR) is 62.4 cm³/mol. The van der Waals surface area contributed by atoms with Crippen molar-refractivity contribution in [3.8, 4) is 0 Å². The van der Waals surface area contributed by atoms with Gasteiger partial charge in [-0.3, -0.25) is 4.79 Å². The first-order valence-corrected chi connectivity index (χ1v) is 6.27. The molecule has 1 fully saturated rings. The second kappa shape index (κ2) is 7.63. The monoisotopic (exact) mass is 229 g/mol. The third kappa shape index (κ3) is 5.47. The molecule has 1 heterocycles. The SMILES string of the molecule is O=C(O)CC1CCN(CCCCCO)CC1. The zero-order chi connectivity index (χ0) is 11.8. The molecule has 0 radical (unpaired) electrons. The van der Waals surface area contributed by atoms with Crippen molar-refractivity contribution < 1.29 is 15.0 Å². The molecular formula is C12H23NO3. The van der Waals surface area contributed by atoms with Gasteiger partial charge in [0.05, 0.1) is 0 Å². The van der Waals surface area contributed by atoms with Crippen LogP contribution in [0.25, 0.3) is 0 Å². The van der Waals surface area contributed by atoms with Crippen molar-refractivity contribution in [2.24, 2.45) is 5.92 Å². The molecule has 2 N–H and O–H groups in total. The molecule has 1 aliphatic heterocycles. The molecular weight excluding hydrogens is 206 g/mol. The highest BCUT2D eigenvalue weighted by Gasteiger charge is 2.20. The molecule has 0 spiro atoms. The van der Waals surface area contributed by atoms with Crippen LogP contribution in [0.1, 0.15) is 38.5 Å². The average molecular weight is 229 g/mol. The molecule has 0 aliphatic carbocycles. The summed E-state index contributed by atoms with van der Waals surface area (Å²) in [7, 11) is 0. The number of aliphatic hydroxyl groups excluding tert-OH is 1. The van der Waals surface area contributed by atoms with Gasteiger partial charge in [0.25, 0.3) is 0 Å². The van der Waals surface area contributed by atoms with Crippen molar-refractivity contribution in [1.29, 1.82) is 0 Å². The van der Waals surface area contributed by atoms with Gasteiger partial charge in [0, 0.05) is 13.0 Å². The van der Waals surface area contributed by atoms with E-state index in [1.165, 1.54) is 0 Å². The minimum atomic E-state index is -0.665. The van der Waals surface area contributed by atoms with Gasteiger partial charge in [-0.1, -0.05) is 0 Å². The van der Waals surface area contributed by atoms with Crippen molar-refractivity contribution in [2.75, 3.05) is 26.2 Å². The smallest absolute Gasteiger partial charge is 0.303 e. The average Bonchev–Trinajstić information content (AvgIpc) is 2.26. The lowest BCUT2D eigenvalue weighted by molar-refractivity contribution is -0.138. The van der Waals surface area contributed by atoms with Gasteiger partial charge in [-0.15, -0.1) is 0 Å². The van der Waals surface area contributed by atoms with E-state index < -0.39 is 5.97 Å². The molecule has 1 rings (SSSR count). The topological polar surface area (TPSA) is 60.8 Å². The summed E-state index contributed by atoms with van der Waals surface area (Å²) in [5.74, 6) is -0.285. The molecule has 0 aromatic carbocycles. The van der Waals surface area contributed by atoms with E-state index in [2.05, 4.69) is 4.90 Å². The van der Waals surface area contributed by atoms with Crippen molar-refractivity contribution in [1.82, 2.24) is 4.90 Å². The van der Waals surface area contributed by atoms with Gasteiger partial charge in [-0.05, 0) is 57.7 Å². The van der Waals surface area contributed by atoms with Gasteiger partial charge in [-0.2, -0.15) is 0 Å². The third-order valence-corrected chi connectivity index (χ3v) is 3.30. The predicted octanol–water partition coefficient (Wildman–Crippen LogP) is 1.34. The van der Waals surface area contributed by atoms with Crippen LogP contribution in [0.4, 0.5) is 0 Å². The fourth-order valence-electron chi connectivity index (χ4n) is 2.29. The molecule has 0 unspecified atom stereocenters. The summed E-state index contributed by atoms with van der Waals surface area (Å²) >= 11 is 0. The number of likely N-dealkylation sites (tertiary alicyclic amines) is 1. The van der Waals surface area contributed by atoms with Crippen molar-refractivity contribution in [3.63, 3.8) is 0 Å². The van der Waals surface area contributed by atoms with Gasteiger partial charge in [-0.25, -0.2) is 0 Å². The maximum absolute atomic E-state index is 10.6. The number of piperidine rings is 1. The summed E-state index contributed by atoms with van der Waals surface area (Å²) in [6.07, 6.45) is 5.50. The van der Waals surface area contributed by atoms with E-state index in [-0.39, 0.29) is 0 Å². The van der Waals surface area contributed by atoms with Crippen molar-refractivity contribution in [2.45, 2.75) is 38.5 Å². The third-order valence-electron chi connectivity index (χ3n) is 3.30. The van der Waals surface area contributed by atoms with Crippen LogP contribution in [0.3, 0.4) is 0 Å². The number of carboxylic acid groups (broad SMARTS) is 1. The number of unbranched alkanes of at least 4 members (excludes halogenated alkanes) is 2. The van der Waals surface area contributed by atoms with Crippen LogP contribution in [0.5, 0.6) is 0 Å². The maximum Gasteiger partial charge on any atom is 0.303 e. The first kappa shape index (κ1) is 13.5. The summed E-state index contributed by atoms with van der Waals surface area (Å²) in [6, 6.07) is 0. The summed E-state index contributed by atoms with van der Waals surface area (Å²) in [5.41, 5.74) is 0. The van der Waals surface area contributed by atoms with E-state index in [9.17, 15) is 4.79 Å². The van der Waals surface area contributed by atoms with Gasteiger partial charge < -0.3 is 15.1 Å². The lowest BCUT2D eigenvalue weighted by Crippen LogP contribution is -2.35. The van der Waals surface area contributed by atoms with Crippen molar-refractivity contribution >= 4 is 5.97 Å². The first-order chi connectivity index (χ1) is 7.72.